The molecule has 0 aromatic heterocycles. The van der Waals surface area contributed by atoms with Crippen molar-refractivity contribution >= 4 is 42.6 Å². The molecule has 0 aliphatic carbocycles. The fourth-order valence-corrected chi connectivity index (χ4v) is 3.64. The Morgan fingerprint density at radius 1 is 1.17 bits per heavy atom. The Hall–Kier alpha value is -0.483. The van der Waals surface area contributed by atoms with Crippen molar-refractivity contribution in [2.24, 2.45) is 5.92 Å². The normalized spacial score (nSPS) is 10.9. The fraction of sp³-hybridized carbons (Fsp3) is 0.278. The number of halogens is 2. The van der Waals surface area contributed by atoms with Gasteiger partial charge < -0.3 is 18.1 Å². The maximum absolute atomic E-state index is 12.5. The topological polar surface area (TPSA) is 26.3 Å². The van der Waals surface area contributed by atoms with E-state index in [9.17, 15) is 4.79 Å². The summed E-state index contributed by atoms with van der Waals surface area (Å²) in [6.07, 6.45) is 0. The number of rotatable bonds is 6. The molecule has 0 radical (unpaired) electrons. The zero-order valence-electron chi connectivity index (χ0n) is 14.3. The summed E-state index contributed by atoms with van der Waals surface area (Å²) < 4.78 is 5.70. The van der Waals surface area contributed by atoms with E-state index in [1.165, 1.54) is 0 Å². The Morgan fingerprint density at radius 2 is 1.79 bits per heavy atom. The van der Waals surface area contributed by atoms with E-state index in [-0.39, 0.29) is 24.4 Å². The number of benzene rings is 2. The van der Waals surface area contributed by atoms with Gasteiger partial charge in [0.2, 0.25) is 0 Å². The Bertz CT molecular complexity index is 700. The summed E-state index contributed by atoms with van der Waals surface area (Å²) in [7, 11) is 0.550. The van der Waals surface area contributed by atoms with Crippen molar-refractivity contribution in [3.8, 4) is 5.75 Å². The second-order valence-electron chi connectivity index (χ2n) is 5.67. The minimum Gasteiger partial charge on any atom is -0.493 e. The van der Waals surface area contributed by atoms with Gasteiger partial charge in [-0.05, 0) is 37.1 Å². The first-order chi connectivity index (χ1) is 10.9. The first-order valence-electron chi connectivity index (χ1n) is 7.32. The second kappa shape index (κ2) is 9.86. The van der Waals surface area contributed by atoms with Crippen molar-refractivity contribution in [3.63, 3.8) is 0 Å². The van der Waals surface area contributed by atoms with Crippen LogP contribution >= 0.6 is 31.8 Å². The van der Waals surface area contributed by atoms with Crippen molar-refractivity contribution in [3.05, 3.63) is 57.6 Å². The molecule has 0 saturated heterocycles. The summed E-state index contributed by atoms with van der Waals surface area (Å²) >= 11 is 12.2. The second-order valence-corrected chi connectivity index (χ2v) is 7.59. The third-order valence-corrected chi connectivity index (χ3v) is 4.95. The SMILES string of the molecule is Cc1cc(OCC(C)C)ccc1[P-]C(=O)c1c(Cl)cccc1Cl.[Li+]. The molecule has 2 aromatic carbocycles. The van der Waals surface area contributed by atoms with Crippen LogP contribution in [0.2, 0.25) is 10.0 Å². The van der Waals surface area contributed by atoms with Crippen LogP contribution < -0.4 is 28.9 Å². The van der Waals surface area contributed by atoms with E-state index >= 15 is 0 Å². The Kier molecular flexibility index (Phi) is 8.86. The molecule has 0 heterocycles. The molecule has 0 fully saturated rings. The van der Waals surface area contributed by atoms with Gasteiger partial charge in [-0.2, -0.15) is 5.30 Å². The van der Waals surface area contributed by atoms with Crippen LogP contribution in [0.3, 0.4) is 0 Å². The number of hydrogen-bond donors (Lipinski definition) is 0. The molecule has 0 spiro atoms. The first kappa shape index (κ1) is 21.6. The molecule has 6 heteroatoms. The molecular formula is C18H18Cl2LiO2P. The molecule has 0 N–H and O–H groups in total. The molecule has 0 aliphatic rings. The summed E-state index contributed by atoms with van der Waals surface area (Å²) in [6, 6.07) is 10.8. The van der Waals surface area contributed by atoms with E-state index in [1.807, 2.05) is 25.1 Å². The quantitative estimate of drug-likeness (QED) is 0.574. The third-order valence-electron chi connectivity index (χ3n) is 3.15. The van der Waals surface area contributed by atoms with Gasteiger partial charge in [-0.1, -0.05) is 54.7 Å². The van der Waals surface area contributed by atoms with Crippen molar-refractivity contribution in [1.29, 1.82) is 0 Å². The molecule has 0 amide bonds. The van der Waals surface area contributed by atoms with E-state index in [2.05, 4.69) is 13.8 Å². The van der Waals surface area contributed by atoms with Crippen LogP contribution in [0.5, 0.6) is 5.75 Å². The van der Waals surface area contributed by atoms with Crippen molar-refractivity contribution < 1.29 is 28.4 Å². The molecule has 2 rings (SSSR count). The van der Waals surface area contributed by atoms with E-state index in [1.54, 1.807) is 18.2 Å². The van der Waals surface area contributed by atoms with Crippen LogP contribution in [-0.4, -0.2) is 12.1 Å². The molecule has 0 bridgehead atoms. The average molecular weight is 375 g/mol. The predicted molar refractivity (Wildman–Crippen MR) is 98.9 cm³/mol. The molecule has 0 unspecified atom stereocenters. The van der Waals surface area contributed by atoms with E-state index in [0.29, 0.717) is 36.7 Å². The zero-order chi connectivity index (χ0) is 17.0. The van der Waals surface area contributed by atoms with E-state index < -0.39 is 0 Å². The van der Waals surface area contributed by atoms with Gasteiger partial charge in [-0.25, -0.2) is 0 Å². The molecule has 0 atom stereocenters. The van der Waals surface area contributed by atoms with Gasteiger partial charge in [0.25, 0.3) is 0 Å². The Balaban J connectivity index is 0.00000288. The summed E-state index contributed by atoms with van der Waals surface area (Å²) in [5.74, 6) is 1.29. The van der Waals surface area contributed by atoms with Crippen LogP contribution in [0.15, 0.2) is 36.4 Å². The summed E-state index contributed by atoms with van der Waals surface area (Å²) in [4.78, 5) is 12.5. The molecule has 122 valence electrons. The van der Waals surface area contributed by atoms with Crippen molar-refractivity contribution in [2.45, 2.75) is 20.8 Å². The smallest absolute Gasteiger partial charge is 0.493 e. The van der Waals surface area contributed by atoms with Gasteiger partial charge in [0.05, 0.1) is 16.7 Å². The largest absolute Gasteiger partial charge is 1.00 e. The monoisotopic (exact) mass is 374 g/mol. The van der Waals surface area contributed by atoms with Gasteiger partial charge in [-0.15, -0.1) is 0 Å². The average Bonchev–Trinajstić information content (AvgIpc) is 2.47. The molecule has 24 heavy (non-hydrogen) atoms. The summed E-state index contributed by atoms with van der Waals surface area (Å²) in [5.41, 5.74) is 1.26. The standard InChI is InChI=1S/C18H18Cl2O2P.Li/c1-11(2)10-22-13-7-8-16(12(3)9-13)23-18(21)17-14(19)5-4-6-15(17)20;/h4-9,11H,10H2,1-3H3;/q-1;+1. The molecule has 2 nitrogen and oxygen atoms in total. The minimum absolute atomic E-state index is 0. The van der Waals surface area contributed by atoms with Crippen LogP contribution in [0.25, 0.3) is 0 Å². The maximum Gasteiger partial charge on any atom is 1.00 e. The predicted octanol–water partition coefficient (Wildman–Crippen LogP) is 2.75. The number of ether oxygens (including phenoxy) is 1. The van der Waals surface area contributed by atoms with Crippen LogP contribution in [0.4, 0.5) is 0 Å². The maximum atomic E-state index is 12.5. The third kappa shape index (κ3) is 5.80. The zero-order valence-corrected chi connectivity index (χ0v) is 16.7. The van der Waals surface area contributed by atoms with Gasteiger partial charge in [0.1, 0.15) is 5.75 Å². The number of aryl methyl sites for hydroxylation is 1. The molecule has 0 saturated carbocycles. The molecule has 0 aliphatic heterocycles. The van der Waals surface area contributed by atoms with Crippen molar-refractivity contribution in [1.82, 2.24) is 0 Å². The van der Waals surface area contributed by atoms with Gasteiger partial charge in [0, 0.05) is 11.1 Å². The van der Waals surface area contributed by atoms with Gasteiger partial charge >= 0.3 is 18.9 Å². The molecular weight excluding hydrogens is 357 g/mol. The van der Waals surface area contributed by atoms with Crippen LogP contribution in [0, 0.1) is 12.8 Å². The van der Waals surface area contributed by atoms with Gasteiger partial charge in [-0.3, -0.25) is 0 Å². The number of carbonyl (C=O) groups is 1. The summed E-state index contributed by atoms with van der Waals surface area (Å²) in [5, 5.41) is 1.68. The Morgan fingerprint density at radius 3 is 2.33 bits per heavy atom. The summed E-state index contributed by atoms with van der Waals surface area (Å²) in [6.45, 7) is 6.84. The number of carbonyl (C=O) groups excluding carboxylic acids is 1. The number of hydrogen-bond acceptors (Lipinski definition) is 2. The fourth-order valence-electron chi connectivity index (χ4n) is 1.97. The van der Waals surface area contributed by atoms with Crippen LogP contribution in [0.1, 0.15) is 29.8 Å². The van der Waals surface area contributed by atoms with Crippen molar-refractivity contribution in [2.75, 3.05) is 6.61 Å². The van der Waals surface area contributed by atoms with E-state index in [4.69, 9.17) is 27.9 Å². The Labute approximate surface area is 167 Å². The molecule has 2 aromatic rings. The first-order valence-corrected chi connectivity index (χ1v) is 8.97. The van der Waals surface area contributed by atoms with Crippen LogP contribution in [-0.2, 0) is 0 Å². The van der Waals surface area contributed by atoms with E-state index in [0.717, 1.165) is 16.6 Å². The van der Waals surface area contributed by atoms with Gasteiger partial charge in [0.15, 0.2) is 0 Å². The minimum atomic E-state index is -0.112.